The molecule has 2 aromatic rings. The van der Waals surface area contributed by atoms with Crippen molar-refractivity contribution >= 4 is 17.2 Å². The number of methoxy groups -OCH3 is 1. The number of nitrogens with zero attached hydrogens (tertiary/aromatic N) is 1. The molecule has 1 amide bonds. The number of thiazole rings is 1. The quantitative estimate of drug-likeness (QED) is 0.913. The molecule has 2 rings (SSSR count). The summed E-state index contributed by atoms with van der Waals surface area (Å²) >= 11 is 1.47. The van der Waals surface area contributed by atoms with E-state index in [1.807, 2.05) is 37.3 Å². The van der Waals surface area contributed by atoms with Gasteiger partial charge in [0.05, 0.1) is 6.61 Å². The van der Waals surface area contributed by atoms with Crippen LogP contribution in [0.5, 0.6) is 0 Å². The van der Waals surface area contributed by atoms with Gasteiger partial charge in [0.25, 0.3) is 5.91 Å². The van der Waals surface area contributed by atoms with Crippen molar-refractivity contribution in [3.8, 4) is 10.6 Å². The smallest absolute Gasteiger partial charge is 0.271 e. The minimum Gasteiger partial charge on any atom is -0.383 e. The van der Waals surface area contributed by atoms with E-state index in [-0.39, 0.29) is 11.9 Å². The van der Waals surface area contributed by atoms with Gasteiger partial charge in [0, 0.05) is 24.1 Å². The third-order valence-electron chi connectivity index (χ3n) is 2.55. The SMILES string of the molecule is COC[C@H](C)NC(=O)c1csc(-c2ccccc2)n1. The number of hydrogen-bond donors (Lipinski definition) is 1. The van der Waals surface area contributed by atoms with E-state index < -0.39 is 0 Å². The molecule has 0 saturated heterocycles. The first kappa shape index (κ1) is 13.7. The lowest BCUT2D eigenvalue weighted by Gasteiger charge is -2.11. The number of rotatable bonds is 5. The fourth-order valence-electron chi connectivity index (χ4n) is 1.68. The Bertz CT molecular complexity index is 539. The van der Waals surface area contributed by atoms with E-state index in [1.165, 1.54) is 11.3 Å². The number of ether oxygens (including phenoxy) is 1. The van der Waals surface area contributed by atoms with Gasteiger partial charge in [-0.05, 0) is 6.92 Å². The molecule has 0 bridgehead atoms. The molecule has 19 heavy (non-hydrogen) atoms. The van der Waals surface area contributed by atoms with Crippen LogP contribution in [-0.2, 0) is 4.74 Å². The molecule has 0 aliphatic heterocycles. The second kappa shape index (κ2) is 6.45. The average molecular weight is 276 g/mol. The molecule has 0 unspecified atom stereocenters. The summed E-state index contributed by atoms with van der Waals surface area (Å²) in [6.45, 7) is 2.38. The first-order valence-electron chi connectivity index (χ1n) is 6.01. The topological polar surface area (TPSA) is 51.2 Å². The van der Waals surface area contributed by atoms with Crippen molar-refractivity contribution in [3.05, 3.63) is 41.4 Å². The van der Waals surface area contributed by atoms with Gasteiger partial charge in [0.15, 0.2) is 0 Å². The van der Waals surface area contributed by atoms with Crippen molar-refractivity contribution in [2.75, 3.05) is 13.7 Å². The van der Waals surface area contributed by atoms with Gasteiger partial charge in [-0.2, -0.15) is 0 Å². The summed E-state index contributed by atoms with van der Waals surface area (Å²) in [5, 5.41) is 5.47. The summed E-state index contributed by atoms with van der Waals surface area (Å²) in [5.74, 6) is -0.164. The summed E-state index contributed by atoms with van der Waals surface area (Å²) in [7, 11) is 1.61. The molecule has 1 heterocycles. The molecule has 0 saturated carbocycles. The van der Waals surface area contributed by atoms with Crippen LogP contribution in [0.2, 0.25) is 0 Å². The highest BCUT2D eigenvalue weighted by atomic mass is 32.1. The van der Waals surface area contributed by atoms with Crippen LogP contribution in [0.25, 0.3) is 10.6 Å². The van der Waals surface area contributed by atoms with Crippen LogP contribution in [0.4, 0.5) is 0 Å². The highest BCUT2D eigenvalue weighted by Gasteiger charge is 2.13. The maximum atomic E-state index is 12.0. The third kappa shape index (κ3) is 3.62. The number of carbonyl (C=O) groups is 1. The molecule has 1 atom stereocenters. The molecule has 100 valence electrons. The predicted octanol–water partition coefficient (Wildman–Crippen LogP) is 2.57. The number of nitrogens with one attached hydrogen (secondary N) is 1. The lowest BCUT2D eigenvalue weighted by Crippen LogP contribution is -2.35. The Hall–Kier alpha value is -1.72. The van der Waals surface area contributed by atoms with Crippen LogP contribution >= 0.6 is 11.3 Å². The zero-order valence-corrected chi connectivity index (χ0v) is 11.7. The van der Waals surface area contributed by atoms with Crippen molar-refractivity contribution in [2.24, 2.45) is 0 Å². The summed E-state index contributed by atoms with van der Waals surface area (Å²) < 4.78 is 4.98. The molecule has 1 aromatic heterocycles. The largest absolute Gasteiger partial charge is 0.383 e. The van der Waals surface area contributed by atoms with Crippen LogP contribution in [0.3, 0.4) is 0 Å². The average Bonchev–Trinajstić information content (AvgIpc) is 2.89. The molecule has 0 aliphatic rings. The standard InChI is InChI=1S/C14H16N2O2S/c1-10(8-18-2)15-13(17)12-9-19-14(16-12)11-6-4-3-5-7-11/h3-7,9-10H,8H2,1-2H3,(H,15,17)/t10-/m0/s1. The molecule has 0 spiro atoms. The van der Waals surface area contributed by atoms with Gasteiger partial charge in [-0.25, -0.2) is 4.98 Å². The highest BCUT2D eigenvalue weighted by Crippen LogP contribution is 2.23. The van der Waals surface area contributed by atoms with Crippen molar-refractivity contribution in [1.82, 2.24) is 10.3 Å². The molecule has 5 heteroatoms. The van der Waals surface area contributed by atoms with Gasteiger partial charge >= 0.3 is 0 Å². The van der Waals surface area contributed by atoms with Crippen molar-refractivity contribution in [1.29, 1.82) is 0 Å². The van der Waals surface area contributed by atoms with E-state index in [9.17, 15) is 4.79 Å². The Morgan fingerprint density at radius 1 is 1.42 bits per heavy atom. The van der Waals surface area contributed by atoms with E-state index in [4.69, 9.17) is 4.74 Å². The summed E-state index contributed by atoms with van der Waals surface area (Å²) in [6, 6.07) is 9.80. The molecule has 1 aromatic carbocycles. The molecular formula is C14H16N2O2S. The van der Waals surface area contributed by atoms with E-state index in [0.717, 1.165) is 10.6 Å². The molecular weight excluding hydrogens is 260 g/mol. The lowest BCUT2D eigenvalue weighted by atomic mass is 10.2. The zero-order valence-electron chi connectivity index (χ0n) is 10.9. The van der Waals surface area contributed by atoms with Gasteiger partial charge in [-0.15, -0.1) is 11.3 Å². The van der Waals surface area contributed by atoms with Gasteiger partial charge in [-0.3, -0.25) is 4.79 Å². The zero-order chi connectivity index (χ0) is 13.7. The molecule has 0 fully saturated rings. The van der Waals surface area contributed by atoms with E-state index >= 15 is 0 Å². The molecule has 4 nitrogen and oxygen atoms in total. The van der Waals surface area contributed by atoms with Crippen molar-refractivity contribution < 1.29 is 9.53 Å². The third-order valence-corrected chi connectivity index (χ3v) is 3.44. The Balaban J connectivity index is 2.07. The van der Waals surface area contributed by atoms with E-state index in [0.29, 0.717) is 12.3 Å². The first-order chi connectivity index (χ1) is 9.20. The van der Waals surface area contributed by atoms with Crippen molar-refractivity contribution in [2.45, 2.75) is 13.0 Å². The summed E-state index contributed by atoms with van der Waals surface area (Å²) in [4.78, 5) is 16.3. The normalized spacial score (nSPS) is 12.1. The molecule has 0 aliphatic carbocycles. The first-order valence-corrected chi connectivity index (χ1v) is 6.89. The fraction of sp³-hybridized carbons (Fsp3) is 0.286. The van der Waals surface area contributed by atoms with Crippen LogP contribution < -0.4 is 5.32 Å². The van der Waals surface area contributed by atoms with Gasteiger partial charge in [0.2, 0.25) is 0 Å². The van der Waals surface area contributed by atoms with Gasteiger partial charge in [0.1, 0.15) is 10.7 Å². The summed E-state index contributed by atoms with van der Waals surface area (Å²) in [5.41, 5.74) is 1.48. The highest BCUT2D eigenvalue weighted by molar-refractivity contribution is 7.13. The summed E-state index contributed by atoms with van der Waals surface area (Å²) in [6.07, 6.45) is 0. The maximum Gasteiger partial charge on any atom is 0.271 e. The fourth-order valence-corrected chi connectivity index (χ4v) is 2.49. The monoisotopic (exact) mass is 276 g/mol. The number of benzene rings is 1. The number of carbonyl (C=O) groups excluding carboxylic acids is 1. The second-order valence-electron chi connectivity index (χ2n) is 4.23. The van der Waals surface area contributed by atoms with Crippen LogP contribution in [0.15, 0.2) is 35.7 Å². The Kier molecular flexibility index (Phi) is 4.65. The Morgan fingerprint density at radius 2 is 2.16 bits per heavy atom. The lowest BCUT2D eigenvalue weighted by molar-refractivity contribution is 0.0901. The maximum absolute atomic E-state index is 12.0. The van der Waals surface area contributed by atoms with Crippen molar-refractivity contribution in [3.63, 3.8) is 0 Å². The minimum atomic E-state index is -0.164. The number of aromatic nitrogens is 1. The van der Waals surface area contributed by atoms with Gasteiger partial charge < -0.3 is 10.1 Å². The predicted molar refractivity (Wildman–Crippen MR) is 76.4 cm³/mol. The van der Waals surface area contributed by atoms with Crippen LogP contribution in [0, 0.1) is 0 Å². The Morgan fingerprint density at radius 3 is 2.84 bits per heavy atom. The van der Waals surface area contributed by atoms with Crippen LogP contribution in [0.1, 0.15) is 17.4 Å². The minimum absolute atomic E-state index is 0.0284. The second-order valence-corrected chi connectivity index (χ2v) is 5.09. The van der Waals surface area contributed by atoms with E-state index in [1.54, 1.807) is 12.5 Å². The number of hydrogen-bond acceptors (Lipinski definition) is 4. The van der Waals surface area contributed by atoms with Gasteiger partial charge in [-0.1, -0.05) is 30.3 Å². The van der Waals surface area contributed by atoms with Crippen LogP contribution in [-0.4, -0.2) is 30.6 Å². The molecule has 0 radical (unpaired) electrons. The number of amides is 1. The van der Waals surface area contributed by atoms with E-state index in [2.05, 4.69) is 10.3 Å². The Labute approximate surface area is 116 Å². The molecule has 1 N–H and O–H groups in total.